The average molecular weight is 443 g/mol. The SMILES string of the molecule is CCOC(=O)c1ccc(C2NC(=O)N=C(c3ccccc3)C2c2ccccc2)cc1OCC. The van der Waals surface area contributed by atoms with Gasteiger partial charge in [-0.15, -0.1) is 0 Å². The topological polar surface area (TPSA) is 77.0 Å². The Labute approximate surface area is 193 Å². The van der Waals surface area contributed by atoms with Gasteiger partial charge in [0.25, 0.3) is 0 Å². The number of carbonyl (C=O) groups excluding carboxylic acids is 2. The number of urea groups is 1. The van der Waals surface area contributed by atoms with Gasteiger partial charge in [-0.2, -0.15) is 4.99 Å². The molecular weight excluding hydrogens is 416 g/mol. The summed E-state index contributed by atoms with van der Waals surface area (Å²) in [5.74, 6) is -0.237. The quantitative estimate of drug-likeness (QED) is 0.504. The largest absolute Gasteiger partial charge is 0.493 e. The highest BCUT2D eigenvalue weighted by atomic mass is 16.5. The fraction of sp³-hybridized carbons (Fsp3) is 0.222. The molecule has 3 aromatic carbocycles. The Morgan fingerprint density at radius 1 is 0.909 bits per heavy atom. The molecule has 1 heterocycles. The number of rotatable bonds is 7. The first-order chi connectivity index (χ1) is 16.1. The van der Waals surface area contributed by atoms with E-state index >= 15 is 0 Å². The molecule has 1 aliphatic rings. The summed E-state index contributed by atoms with van der Waals surface area (Å²) in [5, 5.41) is 3.03. The van der Waals surface area contributed by atoms with Gasteiger partial charge in [0.05, 0.1) is 30.9 Å². The molecule has 0 saturated carbocycles. The van der Waals surface area contributed by atoms with E-state index in [9.17, 15) is 9.59 Å². The lowest BCUT2D eigenvalue weighted by Gasteiger charge is -2.33. The molecule has 0 spiro atoms. The number of hydrogen-bond acceptors (Lipinski definition) is 4. The minimum absolute atomic E-state index is 0.228. The lowest BCUT2D eigenvalue weighted by atomic mass is 9.80. The number of hydrogen-bond donors (Lipinski definition) is 1. The smallest absolute Gasteiger partial charge is 0.341 e. The third-order valence-corrected chi connectivity index (χ3v) is 5.52. The van der Waals surface area contributed by atoms with Gasteiger partial charge in [0.15, 0.2) is 0 Å². The summed E-state index contributed by atoms with van der Waals surface area (Å²) >= 11 is 0. The normalized spacial score (nSPS) is 17.6. The van der Waals surface area contributed by atoms with Crippen molar-refractivity contribution in [2.45, 2.75) is 25.8 Å². The predicted octanol–water partition coefficient (Wildman–Crippen LogP) is 5.30. The number of ether oxygens (including phenoxy) is 2. The van der Waals surface area contributed by atoms with Crippen LogP contribution in [-0.4, -0.2) is 30.9 Å². The van der Waals surface area contributed by atoms with Crippen LogP contribution in [0.15, 0.2) is 83.9 Å². The van der Waals surface area contributed by atoms with Crippen LogP contribution >= 0.6 is 0 Å². The van der Waals surface area contributed by atoms with Gasteiger partial charge in [-0.3, -0.25) is 0 Å². The Morgan fingerprint density at radius 2 is 1.61 bits per heavy atom. The molecule has 33 heavy (non-hydrogen) atoms. The molecule has 0 bridgehead atoms. The van der Waals surface area contributed by atoms with Crippen LogP contribution in [0, 0.1) is 0 Å². The third-order valence-electron chi connectivity index (χ3n) is 5.52. The number of esters is 1. The van der Waals surface area contributed by atoms with Crippen LogP contribution in [0.4, 0.5) is 4.79 Å². The summed E-state index contributed by atoms with van der Waals surface area (Å²) in [6.07, 6.45) is 0. The monoisotopic (exact) mass is 442 g/mol. The fourth-order valence-electron chi connectivity index (χ4n) is 4.11. The summed E-state index contributed by atoms with van der Waals surface area (Å²) in [5.41, 5.74) is 3.79. The molecule has 0 aliphatic carbocycles. The third kappa shape index (κ3) is 4.80. The zero-order valence-corrected chi connectivity index (χ0v) is 18.7. The van der Waals surface area contributed by atoms with Crippen molar-refractivity contribution in [1.29, 1.82) is 0 Å². The molecule has 168 valence electrons. The maximum Gasteiger partial charge on any atom is 0.341 e. The highest BCUT2D eigenvalue weighted by Crippen LogP contribution is 2.38. The second kappa shape index (κ2) is 10.1. The van der Waals surface area contributed by atoms with Gasteiger partial charge in [-0.05, 0) is 42.7 Å². The van der Waals surface area contributed by atoms with E-state index in [-0.39, 0.29) is 12.5 Å². The number of nitrogens with zero attached hydrogens (tertiary/aromatic N) is 1. The number of amides is 2. The van der Waals surface area contributed by atoms with E-state index in [1.165, 1.54) is 0 Å². The molecule has 2 unspecified atom stereocenters. The summed E-state index contributed by atoms with van der Waals surface area (Å²) in [4.78, 5) is 29.5. The van der Waals surface area contributed by atoms with E-state index in [2.05, 4.69) is 10.3 Å². The molecule has 1 aliphatic heterocycles. The number of carbonyl (C=O) groups is 2. The molecule has 6 nitrogen and oxygen atoms in total. The first-order valence-electron chi connectivity index (χ1n) is 11.1. The Balaban J connectivity index is 1.83. The van der Waals surface area contributed by atoms with Crippen LogP contribution < -0.4 is 10.1 Å². The van der Waals surface area contributed by atoms with Crippen LogP contribution in [0.25, 0.3) is 0 Å². The maximum absolute atomic E-state index is 12.7. The second-order valence-corrected chi connectivity index (χ2v) is 7.59. The molecular formula is C27H26N2O4. The van der Waals surface area contributed by atoms with Crippen molar-refractivity contribution in [3.8, 4) is 5.75 Å². The molecule has 3 aromatic rings. The van der Waals surface area contributed by atoms with Crippen molar-refractivity contribution >= 4 is 17.7 Å². The van der Waals surface area contributed by atoms with E-state index in [0.717, 1.165) is 16.7 Å². The zero-order valence-electron chi connectivity index (χ0n) is 18.7. The maximum atomic E-state index is 12.7. The zero-order chi connectivity index (χ0) is 23.2. The number of aliphatic imine (C=N–C) groups is 1. The molecule has 1 N–H and O–H groups in total. The number of benzene rings is 3. The van der Waals surface area contributed by atoms with Gasteiger partial charge >= 0.3 is 12.0 Å². The van der Waals surface area contributed by atoms with Crippen LogP contribution in [0.2, 0.25) is 0 Å². The molecule has 0 fully saturated rings. The van der Waals surface area contributed by atoms with Crippen molar-refractivity contribution < 1.29 is 19.1 Å². The standard InChI is InChI=1S/C27H26N2O4/c1-3-32-22-17-20(15-16-21(22)26(30)33-4-2)25-23(18-11-7-5-8-12-18)24(28-27(31)29-25)19-13-9-6-10-14-19/h5-17,23,25H,3-4H2,1-2H3,(H,29,31). The lowest BCUT2D eigenvalue weighted by molar-refractivity contribution is 0.0522. The highest BCUT2D eigenvalue weighted by Gasteiger charge is 2.36. The summed E-state index contributed by atoms with van der Waals surface area (Å²) < 4.78 is 10.9. The van der Waals surface area contributed by atoms with Crippen molar-refractivity contribution in [3.63, 3.8) is 0 Å². The Morgan fingerprint density at radius 3 is 2.27 bits per heavy atom. The van der Waals surface area contributed by atoms with Crippen molar-refractivity contribution in [2.24, 2.45) is 4.99 Å². The Hall–Kier alpha value is -3.93. The van der Waals surface area contributed by atoms with E-state index in [1.807, 2.05) is 79.7 Å². The minimum Gasteiger partial charge on any atom is -0.493 e. The number of nitrogens with one attached hydrogen (secondary N) is 1. The molecule has 4 rings (SSSR count). The molecule has 0 radical (unpaired) electrons. The summed E-state index contributed by atoms with van der Waals surface area (Å²) in [6.45, 7) is 4.29. The van der Waals surface area contributed by atoms with Gasteiger partial charge < -0.3 is 14.8 Å². The second-order valence-electron chi connectivity index (χ2n) is 7.59. The van der Waals surface area contributed by atoms with Crippen LogP contribution in [0.5, 0.6) is 5.75 Å². The van der Waals surface area contributed by atoms with Crippen molar-refractivity contribution in [1.82, 2.24) is 5.32 Å². The Kier molecular flexibility index (Phi) is 6.83. The van der Waals surface area contributed by atoms with Gasteiger partial charge in [0.2, 0.25) is 0 Å². The predicted molar refractivity (Wildman–Crippen MR) is 127 cm³/mol. The molecule has 2 amide bonds. The highest BCUT2D eigenvalue weighted by molar-refractivity contribution is 6.12. The van der Waals surface area contributed by atoms with Gasteiger partial charge in [0.1, 0.15) is 11.3 Å². The molecule has 2 atom stereocenters. The van der Waals surface area contributed by atoms with Gasteiger partial charge in [0, 0.05) is 0 Å². The first kappa shape index (κ1) is 22.3. The van der Waals surface area contributed by atoms with Crippen LogP contribution in [0.3, 0.4) is 0 Å². The van der Waals surface area contributed by atoms with E-state index in [0.29, 0.717) is 23.6 Å². The van der Waals surface area contributed by atoms with E-state index in [1.54, 1.807) is 13.0 Å². The lowest BCUT2D eigenvalue weighted by Crippen LogP contribution is -2.40. The summed E-state index contributed by atoms with van der Waals surface area (Å²) in [6, 6.07) is 24.2. The molecule has 0 saturated heterocycles. The minimum atomic E-state index is -0.439. The summed E-state index contributed by atoms with van der Waals surface area (Å²) in [7, 11) is 0. The van der Waals surface area contributed by atoms with Gasteiger partial charge in [-0.25, -0.2) is 9.59 Å². The van der Waals surface area contributed by atoms with Crippen LogP contribution in [-0.2, 0) is 4.74 Å². The molecule has 0 aromatic heterocycles. The van der Waals surface area contributed by atoms with Crippen molar-refractivity contribution in [2.75, 3.05) is 13.2 Å². The van der Waals surface area contributed by atoms with E-state index < -0.39 is 18.0 Å². The Bertz CT molecular complexity index is 1160. The average Bonchev–Trinajstić information content (AvgIpc) is 2.85. The van der Waals surface area contributed by atoms with E-state index in [4.69, 9.17) is 9.47 Å². The first-order valence-corrected chi connectivity index (χ1v) is 11.1. The van der Waals surface area contributed by atoms with Gasteiger partial charge in [-0.1, -0.05) is 66.7 Å². The fourth-order valence-corrected chi connectivity index (χ4v) is 4.11. The van der Waals surface area contributed by atoms with Crippen LogP contribution in [0.1, 0.15) is 52.9 Å². The molecule has 6 heteroatoms. The van der Waals surface area contributed by atoms with Crippen molar-refractivity contribution in [3.05, 3.63) is 101 Å².